The van der Waals surface area contributed by atoms with Gasteiger partial charge in [-0.05, 0) is 55.8 Å². The van der Waals surface area contributed by atoms with Crippen LogP contribution in [0.1, 0.15) is 43.8 Å². The maximum Gasteiger partial charge on any atom is 0.186 e. The molecule has 0 spiro atoms. The molecule has 0 N–H and O–H groups in total. The molecule has 0 unspecified atom stereocenters. The number of hydrogen-bond donors (Lipinski definition) is 0. The molecule has 0 saturated carbocycles. The third kappa shape index (κ3) is 4.00. The number of fused-ring (bicyclic) bond motifs is 1. The van der Waals surface area contributed by atoms with Crippen molar-refractivity contribution in [2.24, 2.45) is 0 Å². The van der Waals surface area contributed by atoms with Gasteiger partial charge < -0.3 is 4.90 Å². The smallest absolute Gasteiger partial charge is 0.186 e. The summed E-state index contributed by atoms with van der Waals surface area (Å²) in [4.78, 5) is 9.77. The molecule has 0 radical (unpaired) electrons. The molecule has 0 bridgehead atoms. The first-order valence-corrected chi connectivity index (χ1v) is 11.9. The predicted octanol–water partition coefficient (Wildman–Crippen LogP) is 4.26. The normalized spacial score (nSPS) is 16.6. The van der Waals surface area contributed by atoms with Gasteiger partial charge in [0.15, 0.2) is 11.0 Å². The standard InChI is InChI=1S/C24H29N7S/c1-17-9-11-18(12-10-17)21(22-26-27-28-31(22)24(2,3)4)29-13-15-30(16-14-29)23-25-19-7-5-6-8-20(19)32-23/h5-12,21H,13-16H2,1-4H3/t21-/m1/s1. The third-order valence-electron chi connectivity index (χ3n) is 6.00. The van der Waals surface area contributed by atoms with E-state index in [-0.39, 0.29) is 11.6 Å². The zero-order chi connectivity index (χ0) is 22.3. The van der Waals surface area contributed by atoms with Gasteiger partial charge >= 0.3 is 0 Å². The first-order valence-electron chi connectivity index (χ1n) is 11.1. The number of anilines is 1. The van der Waals surface area contributed by atoms with E-state index in [9.17, 15) is 0 Å². The second kappa shape index (κ2) is 8.26. The molecule has 1 fully saturated rings. The van der Waals surface area contributed by atoms with E-state index >= 15 is 0 Å². The van der Waals surface area contributed by atoms with Crippen molar-refractivity contribution in [2.75, 3.05) is 31.1 Å². The highest BCUT2D eigenvalue weighted by molar-refractivity contribution is 7.22. The average molecular weight is 448 g/mol. The van der Waals surface area contributed by atoms with Crippen molar-refractivity contribution in [1.29, 1.82) is 0 Å². The van der Waals surface area contributed by atoms with Crippen LogP contribution in [-0.4, -0.2) is 56.3 Å². The fraction of sp³-hybridized carbons (Fsp3) is 0.417. The fourth-order valence-corrected chi connectivity index (χ4v) is 5.30. The number of aryl methyl sites for hydroxylation is 1. The van der Waals surface area contributed by atoms with Crippen molar-refractivity contribution in [3.8, 4) is 0 Å². The Balaban J connectivity index is 1.43. The summed E-state index contributed by atoms with van der Waals surface area (Å²) in [5, 5.41) is 14.0. The molecule has 0 aliphatic carbocycles. The Morgan fingerprint density at radius 1 is 0.938 bits per heavy atom. The number of aromatic nitrogens is 5. The van der Waals surface area contributed by atoms with E-state index in [1.54, 1.807) is 11.3 Å². The van der Waals surface area contributed by atoms with Crippen LogP contribution >= 0.6 is 11.3 Å². The largest absolute Gasteiger partial charge is 0.345 e. The number of piperazine rings is 1. The first kappa shape index (κ1) is 21.0. The van der Waals surface area contributed by atoms with Crippen molar-refractivity contribution < 1.29 is 0 Å². The minimum absolute atomic E-state index is 0.0161. The van der Waals surface area contributed by atoms with Gasteiger partial charge in [0.2, 0.25) is 0 Å². The molecular formula is C24H29N7S. The Labute approximate surface area is 192 Å². The van der Waals surface area contributed by atoms with Crippen LogP contribution in [0.15, 0.2) is 48.5 Å². The van der Waals surface area contributed by atoms with Crippen LogP contribution in [0.3, 0.4) is 0 Å². The van der Waals surface area contributed by atoms with Gasteiger partial charge in [0.1, 0.15) is 0 Å². The highest BCUT2D eigenvalue weighted by Gasteiger charge is 2.33. The van der Waals surface area contributed by atoms with E-state index in [0.717, 1.165) is 42.7 Å². The molecule has 8 heteroatoms. The van der Waals surface area contributed by atoms with Crippen molar-refractivity contribution in [3.05, 3.63) is 65.5 Å². The monoisotopic (exact) mass is 447 g/mol. The van der Waals surface area contributed by atoms with E-state index < -0.39 is 0 Å². The van der Waals surface area contributed by atoms with Crippen molar-refractivity contribution in [2.45, 2.75) is 39.3 Å². The quantitative estimate of drug-likeness (QED) is 0.466. The molecule has 0 amide bonds. The molecule has 166 valence electrons. The molecule has 1 saturated heterocycles. The molecule has 2 aromatic carbocycles. The van der Waals surface area contributed by atoms with Crippen LogP contribution < -0.4 is 4.90 Å². The van der Waals surface area contributed by atoms with Gasteiger partial charge in [0.05, 0.1) is 21.8 Å². The summed E-state index contributed by atoms with van der Waals surface area (Å²) in [5.41, 5.74) is 3.37. The van der Waals surface area contributed by atoms with Crippen LogP contribution in [-0.2, 0) is 5.54 Å². The Kier molecular flexibility index (Phi) is 5.43. The fourth-order valence-electron chi connectivity index (χ4n) is 4.28. The lowest BCUT2D eigenvalue weighted by atomic mass is 10.0. The molecule has 2 aromatic heterocycles. The summed E-state index contributed by atoms with van der Waals surface area (Å²) in [6, 6.07) is 17.1. The lowest BCUT2D eigenvalue weighted by Gasteiger charge is -2.39. The summed E-state index contributed by atoms with van der Waals surface area (Å²) in [7, 11) is 0. The summed E-state index contributed by atoms with van der Waals surface area (Å²) >= 11 is 1.77. The number of benzene rings is 2. The molecule has 3 heterocycles. The van der Waals surface area contributed by atoms with Gasteiger partial charge in [-0.3, -0.25) is 4.90 Å². The van der Waals surface area contributed by atoms with Gasteiger partial charge in [-0.1, -0.05) is 53.3 Å². The lowest BCUT2D eigenvalue weighted by Crippen LogP contribution is -2.48. The molecule has 32 heavy (non-hydrogen) atoms. The lowest BCUT2D eigenvalue weighted by molar-refractivity contribution is 0.191. The van der Waals surface area contributed by atoms with Crippen LogP contribution in [0.5, 0.6) is 0 Å². The minimum Gasteiger partial charge on any atom is -0.345 e. The Morgan fingerprint density at radius 2 is 1.66 bits per heavy atom. The van der Waals surface area contributed by atoms with Crippen LogP contribution in [0.4, 0.5) is 5.13 Å². The van der Waals surface area contributed by atoms with E-state index in [0.29, 0.717) is 0 Å². The Morgan fingerprint density at radius 3 is 2.34 bits per heavy atom. The molecule has 5 rings (SSSR count). The zero-order valence-corrected chi connectivity index (χ0v) is 19.9. The number of rotatable bonds is 4. The second-order valence-electron chi connectivity index (χ2n) is 9.42. The van der Waals surface area contributed by atoms with Crippen LogP contribution in [0.2, 0.25) is 0 Å². The van der Waals surface area contributed by atoms with Crippen molar-refractivity contribution in [1.82, 2.24) is 30.1 Å². The van der Waals surface area contributed by atoms with E-state index in [2.05, 4.69) is 102 Å². The number of thiazole rings is 1. The SMILES string of the molecule is Cc1ccc([C@H](c2nnnn2C(C)(C)C)N2CCN(c3nc4ccccc4s3)CC2)cc1. The molecule has 1 aliphatic heterocycles. The summed E-state index contributed by atoms with van der Waals surface area (Å²) < 4.78 is 3.21. The number of nitrogens with zero attached hydrogens (tertiary/aromatic N) is 7. The third-order valence-corrected chi connectivity index (χ3v) is 7.10. The maximum atomic E-state index is 4.86. The molecule has 1 aliphatic rings. The molecule has 1 atom stereocenters. The van der Waals surface area contributed by atoms with Gasteiger partial charge in [-0.15, -0.1) is 5.10 Å². The Bertz CT molecular complexity index is 1160. The van der Waals surface area contributed by atoms with Gasteiger partial charge in [0, 0.05) is 26.2 Å². The molecule has 7 nitrogen and oxygen atoms in total. The zero-order valence-electron chi connectivity index (χ0n) is 19.1. The highest BCUT2D eigenvalue weighted by atomic mass is 32.1. The predicted molar refractivity (Wildman–Crippen MR) is 129 cm³/mol. The maximum absolute atomic E-state index is 4.86. The van der Waals surface area contributed by atoms with E-state index in [1.165, 1.54) is 15.8 Å². The molecule has 4 aromatic rings. The van der Waals surface area contributed by atoms with Gasteiger partial charge in [0.25, 0.3) is 0 Å². The Hall–Kier alpha value is -2.84. The summed E-state index contributed by atoms with van der Waals surface area (Å²) in [5.74, 6) is 0.898. The van der Waals surface area contributed by atoms with Crippen molar-refractivity contribution in [3.63, 3.8) is 0 Å². The summed E-state index contributed by atoms with van der Waals surface area (Å²) in [6.07, 6.45) is 0. The minimum atomic E-state index is -0.190. The topological polar surface area (TPSA) is 63.0 Å². The number of hydrogen-bond acceptors (Lipinski definition) is 7. The highest BCUT2D eigenvalue weighted by Crippen LogP contribution is 2.33. The second-order valence-corrected chi connectivity index (χ2v) is 10.4. The van der Waals surface area contributed by atoms with Crippen LogP contribution in [0, 0.1) is 6.92 Å². The summed E-state index contributed by atoms with van der Waals surface area (Å²) in [6.45, 7) is 12.3. The number of para-hydroxylation sites is 1. The average Bonchev–Trinajstić information content (AvgIpc) is 3.43. The first-order chi connectivity index (χ1) is 15.4. The van der Waals surface area contributed by atoms with Crippen molar-refractivity contribution >= 4 is 26.7 Å². The van der Waals surface area contributed by atoms with Gasteiger partial charge in [-0.2, -0.15) is 0 Å². The van der Waals surface area contributed by atoms with E-state index in [4.69, 9.17) is 4.98 Å². The molecular weight excluding hydrogens is 418 g/mol. The van der Waals surface area contributed by atoms with Crippen LogP contribution in [0.25, 0.3) is 10.2 Å². The van der Waals surface area contributed by atoms with E-state index in [1.807, 2.05) is 4.68 Å². The van der Waals surface area contributed by atoms with Gasteiger partial charge in [-0.25, -0.2) is 9.67 Å². The number of tetrazole rings is 1.